The van der Waals surface area contributed by atoms with Gasteiger partial charge in [0.1, 0.15) is 0 Å². The molecule has 0 radical (unpaired) electrons. The van der Waals surface area contributed by atoms with Gasteiger partial charge >= 0.3 is 0 Å². The van der Waals surface area contributed by atoms with E-state index in [0.29, 0.717) is 11.8 Å². The van der Waals surface area contributed by atoms with Crippen LogP contribution in [-0.2, 0) is 0 Å². The maximum Gasteiger partial charge on any atom is 0.0621 e. The minimum absolute atomic E-state index is 0.0443. The third-order valence-electron chi connectivity index (χ3n) is 3.00. The van der Waals surface area contributed by atoms with Crippen molar-refractivity contribution in [1.82, 2.24) is 4.90 Å². The lowest BCUT2D eigenvalue weighted by molar-refractivity contribution is -0.106. The quantitative estimate of drug-likeness (QED) is 0.568. The molecule has 3 atom stereocenters. The fourth-order valence-electron chi connectivity index (χ4n) is 2.22. The summed E-state index contributed by atoms with van der Waals surface area (Å²) in [5.41, 5.74) is 0. The van der Waals surface area contributed by atoms with Crippen LogP contribution in [0.5, 0.6) is 0 Å². The third-order valence-corrected chi connectivity index (χ3v) is 3.00. The second kappa shape index (κ2) is 2.21. The molecule has 2 nitrogen and oxygen atoms in total. The predicted molar refractivity (Wildman–Crippen MR) is 39.7 cm³/mol. The molecule has 0 aromatic heterocycles. The van der Waals surface area contributed by atoms with E-state index < -0.39 is 0 Å². The van der Waals surface area contributed by atoms with Crippen LogP contribution in [-0.4, -0.2) is 35.7 Å². The first-order valence-corrected chi connectivity index (χ1v) is 4.21. The van der Waals surface area contributed by atoms with Gasteiger partial charge in [0.2, 0.25) is 0 Å². The van der Waals surface area contributed by atoms with Crippen molar-refractivity contribution in [3.8, 4) is 0 Å². The van der Waals surface area contributed by atoms with Gasteiger partial charge in [-0.25, -0.2) is 0 Å². The molecule has 0 spiro atoms. The second-order valence-electron chi connectivity index (χ2n) is 3.60. The second-order valence-corrected chi connectivity index (χ2v) is 3.60. The maximum atomic E-state index is 9.41. The van der Waals surface area contributed by atoms with Crippen molar-refractivity contribution in [2.45, 2.75) is 19.4 Å². The van der Waals surface area contributed by atoms with Crippen LogP contribution in [0.3, 0.4) is 0 Å². The molecule has 3 rings (SSSR count). The molecular weight excluding hydrogens is 126 g/mol. The summed E-state index contributed by atoms with van der Waals surface area (Å²) in [5.74, 6) is 1.22. The summed E-state index contributed by atoms with van der Waals surface area (Å²) >= 11 is 0. The summed E-state index contributed by atoms with van der Waals surface area (Å²) in [6.07, 6.45) is 1.32. The predicted octanol–water partition coefficient (Wildman–Crippen LogP) is 0.319. The van der Waals surface area contributed by atoms with E-state index in [1.807, 2.05) is 0 Å². The van der Waals surface area contributed by atoms with E-state index in [2.05, 4.69) is 11.8 Å². The highest BCUT2D eigenvalue weighted by Crippen LogP contribution is 2.39. The third kappa shape index (κ3) is 0.789. The Bertz CT molecular complexity index is 125. The summed E-state index contributed by atoms with van der Waals surface area (Å²) in [6, 6.07) is 0. The van der Waals surface area contributed by atoms with Gasteiger partial charge in [0.15, 0.2) is 0 Å². The van der Waals surface area contributed by atoms with E-state index >= 15 is 0 Å². The standard InChI is InChI=1S/C8H15NO/c1-2-9-4-6-3-7(5-9)8(6)10/h6-8,10H,2-5H2,1H3/t6-,7+,8?. The molecule has 0 amide bonds. The number of aliphatic hydroxyl groups excluding tert-OH is 1. The first kappa shape index (κ1) is 6.62. The molecule has 2 heterocycles. The summed E-state index contributed by atoms with van der Waals surface area (Å²) < 4.78 is 0. The number of aliphatic hydroxyl groups is 1. The van der Waals surface area contributed by atoms with E-state index in [4.69, 9.17) is 0 Å². The van der Waals surface area contributed by atoms with Crippen LogP contribution < -0.4 is 0 Å². The fourth-order valence-corrected chi connectivity index (χ4v) is 2.22. The molecule has 2 aliphatic heterocycles. The van der Waals surface area contributed by atoms with Gasteiger partial charge < -0.3 is 10.0 Å². The van der Waals surface area contributed by atoms with Crippen molar-refractivity contribution in [3.05, 3.63) is 0 Å². The zero-order valence-corrected chi connectivity index (χ0v) is 6.45. The molecule has 2 heteroatoms. The molecule has 58 valence electrons. The van der Waals surface area contributed by atoms with Crippen LogP contribution in [0.4, 0.5) is 0 Å². The van der Waals surface area contributed by atoms with E-state index in [0.717, 1.165) is 19.6 Å². The van der Waals surface area contributed by atoms with Crippen LogP contribution in [0.25, 0.3) is 0 Å². The molecule has 3 fully saturated rings. The first-order valence-electron chi connectivity index (χ1n) is 4.21. The number of hydrogen-bond donors (Lipinski definition) is 1. The molecule has 2 bridgehead atoms. The van der Waals surface area contributed by atoms with E-state index in [-0.39, 0.29) is 6.10 Å². The number of nitrogens with zero attached hydrogens (tertiary/aromatic N) is 1. The number of fused-ring (bicyclic) bond motifs is 2. The van der Waals surface area contributed by atoms with Crippen molar-refractivity contribution in [1.29, 1.82) is 0 Å². The van der Waals surface area contributed by atoms with Gasteiger partial charge in [-0.1, -0.05) is 6.92 Å². The summed E-state index contributed by atoms with van der Waals surface area (Å²) in [6.45, 7) is 5.61. The molecule has 10 heavy (non-hydrogen) atoms. The van der Waals surface area contributed by atoms with Gasteiger partial charge in [-0.3, -0.25) is 0 Å². The molecule has 3 aliphatic rings. The Morgan fingerprint density at radius 2 is 2.00 bits per heavy atom. The first-order chi connectivity index (χ1) is 4.81. The fraction of sp³-hybridized carbons (Fsp3) is 1.00. The SMILES string of the molecule is CCN1C[C@H]2C[C@@H](C1)C2O. The molecule has 1 unspecified atom stereocenters. The summed E-state index contributed by atoms with van der Waals surface area (Å²) in [4.78, 5) is 2.44. The Kier molecular flexibility index (Phi) is 1.46. The molecule has 2 saturated heterocycles. The molecule has 0 aromatic carbocycles. The van der Waals surface area contributed by atoms with Gasteiger partial charge in [-0.15, -0.1) is 0 Å². The highest BCUT2D eigenvalue weighted by molar-refractivity contribution is 4.96. The molecule has 0 aromatic rings. The van der Waals surface area contributed by atoms with Crippen LogP contribution in [0.2, 0.25) is 0 Å². The average Bonchev–Trinajstić information content (AvgIpc) is 2.04. The minimum Gasteiger partial charge on any atom is -0.392 e. The van der Waals surface area contributed by atoms with Crippen LogP contribution in [0, 0.1) is 11.8 Å². The largest absolute Gasteiger partial charge is 0.392 e. The van der Waals surface area contributed by atoms with E-state index in [1.54, 1.807) is 0 Å². The highest BCUT2D eigenvalue weighted by Gasteiger charge is 2.44. The van der Waals surface area contributed by atoms with Crippen molar-refractivity contribution < 1.29 is 5.11 Å². The number of hydrogen-bond acceptors (Lipinski definition) is 2. The number of rotatable bonds is 1. The topological polar surface area (TPSA) is 23.5 Å². The van der Waals surface area contributed by atoms with Gasteiger partial charge in [0, 0.05) is 13.1 Å². The minimum atomic E-state index is 0.0443. The van der Waals surface area contributed by atoms with Crippen molar-refractivity contribution in [3.63, 3.8) is 0 Å². The van der Waals surface area contributed by atoms with Crippen LogP contribution >= 0.6 is 0 Å². The Morgan fingerprint density at radius 1 is 1.40 bits per heavy atom. The lowest BCUT2D eigenvalue weighted by atomic mass is 9.68. The van der Waals surface area contributed by atoms with Gasteiger partial charge in [0.05, 0.1) is 6.10 Å². The Labute approximate surface area is 61.8 Å². The van der Waals surface area contributed by atoms with Crippen molar-refractivity contribution in [2.75, 3.05) is 19.6 Å². The average molecular weight is 141 g/mol. The van der Waals surface area contributed by atoms with Crippen LogP contribution in [0.1, 0.15) is 13.3 Å². The molecule has 1 saturated carbocycles. The number of piperidine rings is 2. The molecular formula is C8H15NO. The normalized spacial score (nSPS) is 46.8. The van der Waals surface area contributed by atoms with E-state index in [9.17, 15) is 5.11 Å². The Morgan fingerprint density at radius 3 is 2.40 bits per heavy atom. The monoisotopic (exact) mass is 141 g/mol. The summed E-state index contributed by atoms with van der Waals surface area (Å²) in [5, 5.41) is 9.41. The van der Waals surface area contributed by atoms with Crippen LogP contribution in [0.15, 0.2) is 0 Å². The van der Waals surface area contributed by atoms with Gasteiger partial charge in [-0.2, -0.15) is 0 Å². The lowest BCUT2D eigenvalue weighted by Gasteiger charge is -2.51. The van der Waals surface area contributed by atoms with Gasteiger partial charge in [0.25, 0.3) is 0 Å². The molecule has 1 aliphatic carbocycles. The Hall–Kier alpha value is -0.0800. The van der Waals surface area contributed by atoms with E-state index in [1.165, 1.54) is 6.42 Å². The lowest BCUT2D eigenvalue weighted by Crippen LogP contribution is -2.58. The Balaban J connectivity index is 1.93. The van der Waals surface area contributed by atoms with Crippen molar-refractivity contribution >= 4 is 0 Å². The highest BCUT2D eigenvalue weighted by atomic mass is 16.3. The molecule has 1 N–H and O–H groups in total. The van der Waals surface area contributed by atoms with Gasteiger partial charge in [-0.05, 0) is 24.8 Å². The zero-order chi connectivity index (χ0) is 7.14. The maximum absolute atomic E-state index is 9.41. The smallest absolute Gasteiger partial charge is 0.0621 e. The zero-order valence-electron chi connectivity index (χ0n) is 6.45. The van der Waals surface area contributed by atoms with Crippen molar-refractivity contribution in [2.24, 2.45) is 11.8 Å². The summed E-state index contributed by atoms with van der Waals surface area (Å²) in [7, 11) is 0.